The predicted octanol–water partition coefficient (Wildman–Crippen LogP) is 2.54. The number of ether oxygens (including phenoxy) is 1. The maximum absolute atomic E-state index is 12.3. The molecule has 0 fully saturated rings. The van der Waals surface area contributed by atoms with Gasteiger partial charge in [-0.3, -0.25) is 4.79 Å². The molecule has 0 aromatic heterocycles. The molecule has 0 aliphatic carbocycles. The van der Waals surface area contributed by atoms with Gasteiger partial charge in [-0.25, -0.2) is 13.1 Å². The van der Waals surface area contributed by atoms with Crippen molar-refractivity contribution in [3.8, 4) is 5.75 Å². The third-order valence-electron chi connectivity index (χ3n) is 3.60. The van der Waals surface area contributed by atoms with Crippen LogP contribution in [0.25, 0.3) is 0 Å². The lowest BCUT2D eigenvalue weighted by molar-refractivity contribution is -0.115. The Morgan fingerprint density at radius 1 is 1.04 bits per heavy atom. The Labute approximate surface area is 148 Å². The summed E-state index contributed by atoms with van der Waals surface area (Å²) in [5.74, 6) is 0.172. The first kappa shape index (κ1) is 19.0. The minimum atomic E-state index is -3.78. The molecule has 134 valence electrons. The number of aryl methyl sites for hydroxylation is 3. The minimum Gasteiger partial charge on any atom is -0.496 e. The quantitative estimate of drug-likeness (QED) is 0.827. The Bertz CT molecular complexity index is 872. The van der Waals surface area contributed by atoms with E-state index in [2.05, 4.69) is 10.0 Å². The summed E-state index contributed by atoms with van der Waals surface area (Å²) in [6.07, 6.45) is 0. The smallest absolute Gasteiger partial charge is 0.241 e. The van der Waals surface area contributed by atoms with Crippen LogP contribution in [0.1, 0.15) is 16.7 Å². The van der Waals surface area contributed by atoms with Crippen molar-refractivity contribution >= 4 is 21.6 Å². The second-order valence-electron chi connectivity index (χ2n) is 5.88. The Morgan fingerprint density at radius 3 is 2.24 bits per heavy atom. The number of hydrogen-bond acceptors (Lipinski definition) is 4. The maximum Gasteiger partial charge on any atom is 0.241 e. The van der Waals surface area contributed by atoms with Crippen LogP contribution in [0, 0.1) is 20.8 Å². The number of sulfonamides is 1. The Kier molecular flexibility index (Phi) is 5.81. The molecule has 2 N–H and O–H groups in total. The van der Waals surface area contributed by atoms with Crippen LogP contribution in [0.4, 0.5) is 5.69 Å². The fraction of sp³-hybridized carbons (Fsp3) is 0.278. The SMILES string of the molecule is COc1ccc(S(=O)(=O)NCC(=O)Nc2cc(C)cc(C)c2)cc1C. The molecule has 25 heavy (non-hydrogen) atoms. The van der Waals surface area contributed by atoms with E-state index in [1.807, 2.05) is 32.0 Å². The summed E-state index contributed by atoms with van der Waals surface area (Å²) in [7, 11) is -2.26. The third kappa shape index (κ3) is 5.04. The van der Waals surface area contributed by atoms with Crippen LogP contribution in [0.3, 0.4) is 0 Å². The maximum atomic E-state index is 12.3. The van der Waals surface area contributed by atoms with Crippen molar-refractivity contribution in [3.05, 3.63) is 53.1 Å². The normalized spacial score (nSPS) is 11.2. The zero-order valence-corrected chi connectivity index (χ0v) is 15.5. The molecule has 0 bridgehead atoms. The molecule has 0 saturated heterocycles. The van der Waals surface area contributed by atoms with E-state index in [0.29, 0.717) is 17.0 Å². The van der Waals surface area contributed by atoms with Gasteiger partial charge < -0.3 is 10.1 Å². The highest BCUT2D eigenvalue weighted by Gasteiger charge is 2.17. The monoisotopic (exact) mass is 362 g/mol. The van der Waals surface area contributed by atoms with E-state index in [4.69, 9.17) is 4.74 Å². The number of rotatable bonds is 6. The second-order valence-corrected chi connectivity index (χ2v) is 7.65. The average molecular weight is 362 g/mol. The van der Waals surface area contributed by atoms with Crippen LogP contribution in [-0.2, 0) is 14.8 Å². The lowest BCUT2D eigenvalue weighted by Gasteiger charge is -2.11. The Morgan fingerprint density at radius 2 is 1.68 bits per heavy atom. The molecule has 6 nitrogen and oxygen atoms in total. The first-order chi connectivity index (χ1) is 11.7. The van der Waals surface area contributed by atoms with Gasteiger partial charge in [-0.1, -0.05) is 6.07 Å². The molecule has 2 rings (SSSR count). The summed E-state index contributed by atoms with van der Waals surface area (Å²) in [6.45, 7) is 5.26. The summed E-state index contributed by atoms with van der Waals surface area (Å²) in [6, 6.07) is 10.2. The zero-order chi connectivity index (χ0) is 18.6. The number of anilines is 1. The molecule has 2 aromatic carbocycles. The number of carbonyl (C=O) groups excluding carboxylic acids is 1. The van der Waals surface area contributed by atoms with Gasteiger partial charge >= 0.3 is 0 Å². The number of carbonyl (C=O) groups is 1. The van der Waals surface area contributed by atoms with E-state index in [9.17, 15) is 13.2 Å². The van der Waals surface area contributed by atoms with Crippen LogP contribution in [0.5, 0.6) is 5.75 Å². The van der Waals surface area contributed by atoms with E-state index in [0.717, 1.165) is 11.1 Å². The van der Waals surface area contributed by atoms with Gasteiger partial charge in [-0.15, -0.1) is 0 Å². The number of benzene rings is 2. The van der Waals surface area contributed by atoms with Crippen LogP contribution in [0.2, 0.25) is 0 Å². The lowest BCUT2D eigenvalue weighted by atomic mass is 10.1. The van der Waals surface area contributed by atoms with Gasteiger partial charge in [-0.2, -0.15) is 0 Å². The average Bonchev–Trinajstić information content (AvgIpc) is 2.52. The summed E-state index contributed by atoms with van der Waals surface area (Å²) < 4.78 is 32.1. The van der Waals surface area contributed by atoms with Crippen LogP contribution < -0.4 is 14.8 Å². The molecule has 0 spiro atoms. The molecule has 2 aromatic rings. The fourth-order valence-corrected chi connectivity index (χ4v) is 3.58. The van der Waals surface area contributed by atoms with Crippen molar-refractivity contribution in [1.29, 1.82) is 0 Å². The van der Waals surface area contributed by atoms with Crippen molar-refractivity contribution in [2.45, 2.75) is 25.7 Å². The van der Waals surface area contributed by atoms with Gasteiger partial charge in [0.2, 0.25) is 15.9 Å². The molecular formula is C18H22N2O4S. The summed E-state index contributed by atoms with van der Waals surface area (Å²) in [5.41, 5.74) is 3.38. The molecule has 7 heteroatoms. The fourth-order valence-electron chi connectivity index (χ4n) is 2.51. The van der Waals surface area contributed by atoms with Crippen molar-refractivity contribution in [2.75, 3.05) is 19.0 Å². The molecule has 0 atom stereocenters. The zero-order valence-electron chi connectivity index (χ0n) is 14.7. The van der Waals surface area contributed by atoms with Gasteiger partial charge in [0.1, 0.15) is 5.75 Å². The van der Waals surface area contributed by atoms with Crippen molar-refractivity contribution < 1.29 is 17.9 Å². The van der Waals surface area contributed by atoms with Gasteiger partial charge in [-0.05, 0) is 67.8 Å². The topological polar surface area (TPSA) is 84.5 Å². The molecular weight excluding hydrogens is 340 g/mol. The van der Waals surface area contributed by atoms with Crippen LogP contribution >= 0.6 is 0 Å². The number of hydrogen-bond donors (Lipinski definition) is 2. The van der Waals surface area contributed by atoms with Crippen molar-refractivity contribution in [2.24, 2.45) is 0 Å². The molecule has 0 aliphatic heterocycles. The highest BCUT2D eigenvalue weighted by molar-refractivity contribution is 7.89. The molecule has 0 heterocycles. The van der Waals surface area contributed by atoms with Gasteiger partial charge in [0.15, 0.2) is 0 Å². The third-order valence-corrected chi connectivity index (χ3v) is 5.00. The van der Waals surface area contributed by atoms with Crippen molar-refractivity contribution in [1.82, 2.24) is 4.72 Å². The Hall–Kier alpha value is -2.38. The van der Waals surface area contributed by atoms with E-state index in [1.54, 1.807) is 13.0 Å². The summed E-state index contributed by atoms with van der Waals surface area (Å²) in [4.78, 5) is 12.1. The number of amides is 1. The van der Waals surface area contributed by atoms with E-state index in [1.165, 1.54) is 19.2 Å². The Balaban J connectivity index is 2.03. The van der Waals surface area contributed by atoms with Crippen LogP contribution in [0.15, 0.2) is 41.3 Å². The minimum absolute atomic E-state index is 0.0880. The number of methoxy groups -OCH3 is 1. The highest BCUT2D eigenvalue weighted by atomic mass is 32.2. The first-order valence-electron chi connectivity index (χ1n) is 7.74. The summed E-state index contributed by atoms with van der Waals surface area (Å²) in [5, 5.41) is 2.69. The van der Waals surface area contributed by atoms with Gasteiger partial charge in [0.05, 0.1) is 18.6 Å². The molecule has 0 radical (unpaired) electrons. The first-order valence-corrected chi connectivity index (χ1v) is 9.22. The van der Waals surface area contributed by atoms with Gasteiger partial charge in [0.25, 0.3) is 0 Å². The largest absolute Gasteiger partial charge is 0.496 e. The summed E-state index contributed by atoms with van der Waals surface area (Å²) >= 11 is 0. The molecule has 0 saturated carbocycles. The predicted molar refractivity (Wildman–Crippen MR) is 97.5 cm³/mol. The van der Waals surface area contributed by atoms with Crippen LogP contribution in [-0.4, -0.2) is 28.0 Å². The van der Waals surface area contributed by atoms with Gasteiger partial charge in [0, 0.05) is 5.69 Å². The van der Waals surface area contributed by atoms with E-state index < -0.39 is 15.9 Å². The highest BCUT2D eigenvalue weighted by Crippen LogP contribution is 2.21. The van der Waals surface area contributed by atoms with E-state index in [-0.39, 0.29) is 11.4 Å². The number of nitrogens with one attached hydrogen (secondary N) is 2. The second kappa shape index (κ2) is 7.67. The van der Waals surface area contributed by atoms with E-state index >= 15 is 0 Å². The molecule has 1 amide bonds. The van der Waals surface area contributed by atoms with Crippen molar-refractivity contribution in [3.63, 3.8) is 0 Å². The standard InChI is InChI=1S/C18H22N2O4S/c1-12-7-13(2)9-15(8-12)20-18(21)11-19-25(22,23)16-5-6-17(24-4)14(3)10-16/h5-10,19H,11H2,1-4H3,(H,20,21). The molecule has 0 unspecified atom stereocenters. The molecule has 0 aliphatic rings. The lowest BCUT2D eigenvalue weighted by Crippen LogP contribution is -2.33.